The molecule has 25 heavy (non-hydrogen) atoms. The zero-order valence-electron chi connectivity index (χ0n) is 15.5. The van der Waals surface area contributed by atoms with Crippen LogP contribution in [0.5, 0.6) is 5.75 Å². The van der Waals surface area contributed by atoms with Gasteiger partial charge in [-0.2, -0.15) is 0 Å². The minimum Gasteiger partial charge on any atom is -0.494 e. The molecule has 0 aliphatic carbocycles. The van der Waals surface area contributed by atoms with E-state index in [4.69, 9.17) is 4.74 Å². The number of amides is 1. The van der Waals surface area contributed by atoms with Crippen LogP contribution in [-0.4, -0.2) is 26.6 Å². The molecule has 0 aliphatic heterocycles. The minimum atomic E-state index is 0.0690. The van der Waals surface area contributed by atoms with Gasteiger partial charge in [-0.15, -0.1) is 0 Å². The Kier molecular flexibility index (Phi) is 7.48. The number of benzene rings is 2. The van der Waals surface area contributed by atoms with Crippen molar-refractivity contribution in [3.05, 3.63) is 65.2 Å². The average Bonchev–Trinajstić information content (AvgIpc) is 2.59. The number of rotatable bonds is 9. The van der Waals surface area contributed by atoms with E-state index in [1.165, 1.54) is 21.6 Å². The van der Waals surface area contributed by atoms with Crippen molar-refractivity contribution in [2.24, 2.45) is 0 Å². The van der Waals surface area contributed by atoms with Crippen molar-refractivity contribution in [3.63, 3.8) is 0 Å². The Morgan fingerprint density at radius 3 is 2.40 bits per heavy atom. The predicted molar refractivity (Wildman–Crippen MR) is 101 cm³/mol. The summed E-state index contributed by atoms with van der Waals surface area (Å²) >= 11 is 0. The molecular weight excluding hydrogens is 312 g/mol. The maximum atomic E-state index is 12.0. The van der Waals surface area contributed by atoms with Gasteiger partial charge in [-0.3, -0.25) is 4.79 Å². The summed E-state index contributed by atoms with van der Waals surface area (Å²) in [6.07, 6.45) is 1.19. The van der Waals surface area contributed by atoms with Crippen molar-refractivity contribution < 1.29 is 14.4 Å². The SMILES string of the molecule is Cc1ccc(OCCCC(=O)NCc2ccccc2C[NH+](C)C)cc1. The monoisotopic (exact) mass is 341 g/mol. The first-order chi connectivity index (χ1) is 12.0. The number of quaternary nitrogens is 1. The summed E-state index contributed by atoms with van der Waals surface area (Å²) < 4.78 is 5.65. The van der Waals surface area contributed by atoms with Crippen molar-refractivity contribution in [3.8, 4) is 5.75 Å². The van der Waals surface area contributed by atoms with Gasteiger partial charge in [0.2, 0.25) is 5.91 Å². The molecule has 4 heteroatoms. The lowest BCUT2D eigenvalue weighted by Crippen LogP contribution is -3.04. The molecule has 0 saturated carbocycles. The molecule has 0 radical (unpaired) electrons. The molecule has 2 rings (SSSR count). The van der Waals surface area contributed by atoms with Crippen LogP contribution in [0, 0.1) is 6.92 Å². The highest BCUT2D eigenvalue weighted by atomic mass is 16.5. The molecule has 2 aromatic carbocycles. The summed E-state index contributed by atoms with van der Waals surface area (Å²) in [4.78, 5) is 13.4. The normalized spacial score (nSPS) is 10.7. The maximum absolute atomic E-state index is 12.0. The van der Waals surface area contributed by atoms with Crippen LogP contribution in [0.15, 0.2) is 48.5 Å². The molecule has 2 aromatic rings. The van der Waals surface area contributed by atoms with Gasteiger partial charge in [0, 0.05) is 18.5 Å². The van der Waals surface area contributed by atoms with Gasteiger partial charge in [0.05, 0.1) is 20.7 Å². The number of nitrogens with one attached hydrogen (secondary N) is 2. The topological polar surface area (TPSA) is 42.8 Å². The van der Waals surface area contributed by atoms with Gasteiger partial charge in [-0.1, -0.05) is 42.0 Å². The summed E-state index contributed by atoms with van der Waals surface area (Å²) in [6, 6.07) is 16.2. The molecular formula is C21H29N2O2+. The highest BCUT2D eigenvalue weighted by Gasteiger charge is 2.07. The van der Waals surface area contributed by atoms with Crippen LogP contribution >= 0.6 is 0 Å². The zero-order valence-corrected chi connectivity index (χ0v) is 15.5. The first-order valence-corrected chi connectivity index (χ1v) is 8.86. The second-order valence-electron chi connectivity index (χ2n) is 6.69. The summed E-state index contributed by atoms with van der Waals surface area (Å²) in [6.45, 7) is 4.14. The Morgan fingerprint density at radius 1 is 1.04 bits per heavy atom. The Labute approximate surface area is 150 Å². The van der Waals surface area contributed by atoms with E-state index in [1.807, 2.05) is 43.3 Å². The number of carbonyl (C=O) groups excluding carboxylic acids is 1. The molecule has 0 aromatic heterocycles. The van der Waals surface area contributed by atoms with Crippen LogP contribution in [0.4, 0.5) is 0 Å². The van der Waals surface area contributed by atoms with Gasteiger partial charge in [0.1, 0.15) is 12.3 Å². The first kappa shape index (κ1) is 19.0. The molecule has 0 atom stereocenters. The van der Waals surface area contributed by atoms with E-state index >= 15 is 0 Å². The summed E-state index contributed by atoms with van der Waals surface area (Å²) in [7, 11) is 4.26. The minimum absolute atomic E-state index is 0.0690. The number of aryl methyl sites for hydroxylation is 1. The average molecular weight is 341 g/mol. The van der Waals surface area contributed by atoms with Crippen LogP contribution < -0.4 is 15.0 Å². The van der Waals surface area contributed by atoms with Gasteiger partial charge >= 0.3 is 0 Å². The van der Waals surface area contributed by atoms with Gasteiger partial charge in [-0.05, 0) is 31.0 Å². The highest BCUT2D eigenvalue weighted by Crippen LogP contribution is 2.12. The van der Waals surface area contributed by atoms with Crippen LogP contribution in [0.2, 0.25) is 0 Å². The van der Waals surface area contributed by atoms with Crippen LogP contribution in [0.1, 0.15) is 29.5 Å². The lowest BCUT2D eigenvalue weighted by atomic mass is 10.1. The second-order valence-corrected chi connectivity index (χ2v) is 6.69. The number of carbonyl (C=O) groups is 1. The van der Waals surface area contributed by atoms with Crippen molar-refractivity contribution in [1.82, 2.24) is 5.32 Å². The lowest BCUT2D eigenvalue weighted by molar-refractivity contribution is -0.872. The van der Waals surface area contributed by atoms with Gasteiger partial charge in [0.15, 0.2) is 0 Å². The predicted octanol–water partition coefficient (Wildman–Crippen LogP) is 2.11. The second kappa shape index (κ2) is 9.84. The van der Waals surface area contributed by atoms with Crippen LogP contribution in [-0.2, 0) is 17.9 Å². The van der Waals surface area contributed by atoms with Crippen LogP contribution in [0.3, 0.4) is 0 Å². The number of ether oxygens (including phenoxy) is 1. The van der Waals surface area contributed by atoms with Crippen molar-refractivity contribution in [2.45, 2.75) is 32.9 Å². The fourth-order valence-electron chi connectivity index (χ4n) is 2.62. The third-order valence-corrected chi connectivity index (χ3v) is 3.98. The van der Waals surface area contributed by atoms with Crippen LogP contribution in [0.25, 0.3) is 0 Å². The Morgan fingerprint density at radius 2 is 1.72 bits per heavy atom. The van der Waals surface area contributed by atoms with Crippen molar-refractivity contribution in [2.75, 3.05) is 20.7 Å². The Balaban J connectivity index is 1.69. The fraction of sp³-hybridized carbons (Fsp3) is 0.381. The summed E-state index contributed by atoms with van der Waals surface area (Å²) in [5, 5.41) is 3.01. The molecule has 134 valence electrons. The number of hydrogen-bond acceptors (Lipinski definition) is 2. The van der Waals surface area contributed by atoms with Gasteiger partial charge in [-0.25, -0.2) is 0 Å². The smallest absolute Gasteiger partial charge is 0.220 e. The quantitative estimate of drug-likeness (QED) is 0.686. The van der Waals surface area contributed by atoms with Gasteiger partial charge < -0.3 is 15.0 Å². The third-order valence-electron chi connectivity index (χ3n) is 3.98. The lowest BCUT2D eigenvalue weighted by Gasteiger charge is -2.13. The van der Waals surface area contributed by atoms with E-state index in [2.05, 4.69) is 31.5 Å². The Hall–Kier alpha value is -2.33. The molecule has 0 fully saturated rings. The van der Waals surface area contributed by atoms with Crippen molar-refractivity contribution >= 4 is 5.91 Å². The van der Waals surface area contributed by atoms with Gasteiger partial charge in [0.25, 0.3) is 0 Å². The molecule has 1 amide bonds. The third kappa shape index (κ3) is 6.98. The molecule has 0 unspecified atom stereocenters. The van der Waals surface area contributed by atoms with E-state index in [-0.39, 0.29) is 5.91 Å². The molecule has 0 spiro atoms. The van der Waals surface area contributed by atoms with Crippen molar-refractivity contribution in [1.29, 1.82) is 0 Å². The maximum Gasteiger partial charge on any atom is 0.220 e. The van der Waals surface area contributed by atoms with E-state index < -0.39 is 0 Å². The van der Waals surface area contributed by atoms with E-state index in [1.54, 1.807) is 0 Å². The molecule has 0 aliphatic rings. The summed E-state index contributed by atoms with van der Waals surface area (Å²) in [5.41, 5.74) is 3.68. The molecule has 0 saturated heterocycles. The molecule has 4 nitrogen and oxygen atoms in total. The Bertz CT molecular complexity index is 666. The van der Waals surface area contributed by atoms with E-state index in [0.717, 1.165) is 12.3 Å². The van der Waals surface area contributed by atoms with E-state index in [9.17, 15) is 4.79 Å². The molecule has 2 N–H and O–H groups in total. The fourth-order valence-corrected chi connectivity index (χ4v) is 2.62. The summed E-state index contributed by atoms with van der Waals surface area (Å²) in [5.74, 6) is 0.922. The molecule has 0 heterocycles. The highest BCUT2D eigenvalue weighted by molar-refractivity contribution is 5.75. The van der Waals surface area contributed by atoms with E-state index in [0.29, 0.717) is 26.0 Å². The first-order valence-electron chi connectivity index (χ1n) is 8.86. The zero-order chi connectivity index (χ0) is 18.1. The largest absolute Gasteiger partial charge is 0.494 e. The number of hydrogen-bond donors (Lipinski definition) is 2. The standard InChI is InChI=1S/C21H28N2O2/c1-17-10-12-20(13-11-17)25-14-6-9-21(24)22-15-18-7-4-5-8-19(18)16-23(2)3/h4-5,7-8,10-13H,6,9,14-16H2,1-3H3,(H,22,24)/p+1. The molecule has 0 bridgehead atoms.